The molecule has 2 heterocycles. The Labute approximate surface area is 411 Å². The number of carbonyl (C=O) groups excluding carboxylic acids is 1. The lowest BCUT2D eigenvalue weighted by atomic mass is 9.97. The van der Waals surface area contributed by atoms with Gasteiger partial charge in [0, 0.05) is 6.42 Å². The van der Waals surface area contributed by atoms with Crippen molar-refractivity contribution >= 4 is 5.91 Å². The lowest BCUT2D eigenvalue weighted by Crippen LogP contribution is -2.65. The fraction of sp³-hybridized carbons (Fsp3) is 0.870. The molecule has 2 aliphatic rings. The Bertz CT molecular complexity index is 1280. The number of nitrogens with one attached hydrogen (secondary N) is 1. The summed E-state index contributed by atoms with van der Waals surface area (Å²) < 4.78 is 22.6. The summed E-state index contributed by atoms with van der Waals surface area (Å²) in [4.78, 5) is 13.2. The van der Waals surface area contributed by atoms with Crippen molar-refractivity contribution in [2.75, 3.05) is 19.8 Å². The molecule has 1 amide bonds. The first-order valence-corrected chi connectivity index (χ1v) is 27.2. The molecule has 398 valence electrons. The minimum Gasteiger partial charge on any atom is -0.394 e. The molecule has 0 spiro atoms. The van der Waals surface area contributed by atoms with E-state index < -0.39 is 86.8 Å². The number of carbonyl (C=O) groups is 1. The predicted molar refractivity (Wildman–Crippen MR) is 268 cm³/mol. The van der Waals surface area contributed by atoms with Gasteiger partial charge in [-0.3, -0.25) is 4.79 Å². The molecule has 2 aliphatic heterocycles. The first-order valence-electron chi connectivity index (χ1n) is 27.2. The fourth-order valence-corrected chi connectivity index (χ4v) is 8.92. The summed E-state index contributed by atoms with van der Waals surface area (Å²) in [6, 6.07) is -0.933. The van der Waals surface area contributed by atoms with Crippen molar-refractivity contribution in [3.05, 3.63) is 36.5 Å². The van der Waals surface area contributed by atoms with Crippen molar-refractivity contribution in [3.8, 4) is 0 Å². The summed E-state index contributed by atoms with van der Waals surface area (Å²) in [5.41, 5.74) is 0. The van der Waals surface area contributed by atoms with Gasteiger partial charge in [-0.1, -0.05) is 198 Å². The number of aliphatic hydroxyl groups excluding tert-OH is 8. The smallest absolute Gasteiger partial charge is 0.220 e. The molecule has 0 aromatic rings. The highest BCUT2D eigenvalue weighted by Crippen LogP contribution is 2.30. The molecular formula is C54H99NO13. The van der Waals surface area contributed by atoms with Crippen LogP contribution in [0.4, 0.5) is 0 Å². The van der Waals surface area contributed by atoms with E-state index in [0.29, 0.717) is 12.8 Å². The molecule has 12 atom stereocenters. The summed E-state index contributed by atoms with van der Waals surface area (Å²) in [5, 5.41) is 86.6. The number of aliphatic hydroxyl groups is 8. The quantitative estimate of drug-likeness (QED) is 0.0210. The molecule has 0 aliphatic carbocycles. The third kappa shape index (κ3) is 27.1. The van der Waals surface area contributed by atoms with Gasteiger partial charge in [0.2, 0.25) is 5.91 Å². The van der Waals surface area contributed by atoms with Gasteiger partial charge in [-0.15, -0.1) is 0 Å². The average molecular weight is 970 g/mol. The second-order valence-electron chi connectivity index (χ2n) is 19.3. The minimum atomic E-state index is -1.79. The number of amides is 1. The SMILES string of the molecule is CC/C=C/CC/C=C/CC/C=C/C(O)C(COC1OC(CO)C(OC2OC(CO)C(O)C(O)C2O)C(O)C1O)NC(=O)CCCCCCCCCCCCCCCCCCCCCCCCCC. The third-order valence-corrected chi connectivity index (χ3v) is 13.3. The number of hydrogen-bond acceptors (Lipinski definition) is 13. The van der Waals surface area contributed by atoms with Gasteiger partial charge in [0.05, 0.1) is 32.0 Å². The molecule has 0 bridgehead atoms. The standard InChI is InChI=1S/C54H99NO13/c1-3-5-7-9-11-13-15-16-17-18-19-20-21-22-23-24-25-26-27-28-30-32-34-36-38-46(59)55-42(43(58)37-35-33-31-29-14-12-10-8-6-4-2)41-65-53-51(64)49(62)52(45(40-57)67-53)68-54-50(63)48(61)47(60)44(39-56)66-54/h6,8,14,29,35,37,42-45,47-54,56-58,60-64H,3-5,7,9-13,15-28,30-34,36,38-41H2,1-2H3,(H,55,59)/b8-6+,29-14+,37-35+. The first kappa shape index (κ1) is 62.3. The highest BCUT2D eigenvalue weighted by atomic mass is 16.7. The van der Waals surface area contributed by atoms with Crippen LogP contribution in [-0.4, -0.2) is 140 Å². The van der Waals surface area contributed by atoms with Crippen LogP contribution in [-0.2, 0) is 23.7 Å². The van der Waals surface area contributed by atoms with Crippen LogP contribution in [0.25, 0.3) is 0 Å². The molecule has 12 unspecified atom stereocenters. The zero-order valence-corrected chi connectivity index (χ0v) is 42.3. The molecule has 2 fully saturated rings. The van der Waals surface area contributed by atoms with E-state index in [9.17, 15) is 45.6 Å². The molecule has 0 aromatic heterocycles. The Morgan fingerprint density at radius 2 is 0.956 bits per heavy atom. The van der Waals surface area contributed by atoms with E-state index in [2.05, 4.69) is 43.5 Å². The first-order chi connectivity index (χ1) is 33.1. The van der Waals surface area contributed by atoms with Crippen LogP contribution in [0.5, 0.6) is 0 Å². The van der Waals surface area contributed by atoms with Crippen molar-refractivity contribution in [2.45, 2.75) is 280 Å². The van der Waals surface area contributed by atoms with Gasteiger partial charge in [0.1, 0.15) is 48.8 Å². The summed E-state index contributed by atoms with van der Waals surface area (Å²) in [7, 11) is 0. The Morgan fingerprint density at radius 1 is 0.529 bits per heavy atom. The van der Waals surface area contributed by atoms with Crippen LogP contribution in [0.2, 0.25) is 0 Å². The summed E-state index contributed by atoms with van der Waals surface area (Å²) in [6.45, 7) is 2.64. The van der Waals surface area contributed by atoms with Crippen molar-refractivity contribution in [1.29, 1.82) is 0 Å². The second kappa shape index (κ2) is 40.8. The molecule has 2 rings (SSSR count). The van der Waals surface area contributed by atoms with Gasteiger partial charge in [-0.2, -0.15) is 0 Å². The largest absolute Gasteiger partial charge is 0.394 e. The summed E-state index contributed by atoms with van der Waals surface area (Å²) >= 11 is 0. The Hall–Kier alpha value is -1.79. The van der Waals surface area contributed by atoms with E-state index in [0.717, 1.165) is 44.9 Å². The maximum Gasteiger partial charge on any atom is 0.220 e. The molecule has 0 radical (unpaired) electrons. The van der Waals surface area contributed by atoms with Gasteiger partial charge < -0.3 is 65.1 Å². The zero-order valence-electron chi connectivity index (χ0n) is 42.3. The van der Waals surface area contributed by atoms with Gasteiger partial charge >= 0.3 is 0 Å². The Balaban J connectivity index is 1.73. The molecule has 0 aromatic carbocycles. The number of allylic oxidation sites excluding steroid dienone is 5. The normalized spacial score (nSPS) is 26.6. The van der Waals surface area contributed by atoms with Crippen LogP contribution in [0, 0.1) is 0 Å². The van der Waals surface area contributed by atoms with Crippen LogP contribution < -0.4 is 5.32 Å². The monoisotopic (exact) mass is 970 g/mol. The molecular weight excluding hydrogens is 871 g/mol. The Morgan fingerprint density at radius 3 is 1.43 bits per heavy atom. The van der Waals surface area contributed by atoms with E-state index in [1.54, 1.807) is 6.08 Å². The number of ether oxygens (including phenoxy) is 4. The molecule has 9 N–H and O–H groups in total. The maximum atomic E-state index is 13.2. The number of hydrogen-bond donors (Lipinski definition) is 9. The van der Waals surface area contributed by atoms with Crippen LogP contribution in [0.3, 0.4) is 0 Å². The van der Waals surface area contributed by atoms with E-state index >= 15 is 0 Å². The Kier molecular flexibility index (Phi) is 37.4. The van der Waals surface area contributed by atoms with Crippen molar-refractivity contribution < 1.29 is 64.6 Å². The van der Waals surface area contributed by atoms with Crippen LogP contribution >= 0.6 is 0 Å². The molecule has 14 nitrogen and oxygen atoms in total. The minimum absolute atomic E-state index is 0.253. The summed E-state index contributed by atoms with van der Waals surface area (Å²) in [6.07, 6.45) is 30.8. The predicted octanol–water partition coefficient (Wildman–Crippen LogP) is 7.88. The number of unbranched alkanes of at least 4 members (excludes halogenated alkanes) is 25. The lowest BCUT2D eigenvalue weighted by molar-refractivity contribution is -0.359. The van der Waals surface area contributed by atoms with Crippen molar-refractivity contribution in [3.63, 3.8) is 0 Å². The fourth-order valence-electron chi connectivity index (χ4n) is 8.92. The second-order valence-corrected chi connectivity index (χ2v) is 19.3. The molecule has 0 saturated carbocycles. The van der Waals surface area contributed by atoms with Crippen LogP contribution in [0.15, 0.2) is 36.5 Å². The lowest BCUT2D eigenvalue weighted by Gasteiger charge is -2.46. The van der Waals surface area contributed by atoms with E-state index in [-0.39, 0.29) is 18.9 Å². The van der Waals surface area contributed by atoms with E-state index in [4.69, 9.17) is 18.9 Å². The maximum absolute atomic E-state index is 13.2. The average Bonchev–Trinajstić information content (AvgIpc) is 3.34. The topological polar surface area (TPSA) is 228 Å². The van der Waals surface area contributed by atoms with E-state index in [1.165, 1.54) is 128 Å². The molecule has 2 saturated heterocycles. The highest BCUT2D eigenvalue weighted by molar-refractivity contribution is 5.76. The van der Waals surface area contributed by atoms with Crippen LogP contribution in [0.1, 0.15) is 206 Å². The number of rotatable bonds is 42. The van der Waals surface area contributed by atoms with Gasteiger partial charge in [-0.05, 0) is 38.5 Å². The highest BCUT2D eigenvalue weighted by Gasteiger charge is 2.51. The third-order valence-electron chi connectivity index (χ3n) is 13.3. The van der Waals surface area contributed by atoms with Gasteiger partial charge in [-0.25, -0.2) is 0 Å². The van der Waals surface area contributed by atoms with Gasteiger partial charge in [0.25, 0.3) is 0 Å². The van der Waals surface area contributed by atoms with Gasteiger partial charge in [0.15, 0.2) is 12.6 Å². The van der Waals surface area contributed by atoms with E-state index in [1.807, 2.05) is 6.08 Å². The van der Waals surface area contributed by atoms with Crippen molar-refractivity contribution in [1.82, 2.24) is 5.32 Å². The molecule has 14 heteroatoms. The molecule has 68 heavy (non-hydrogen) atoms. The summed E-state index contributed by atoms with van der Waals surface area (Å²) in [5.74, 6) is -0.253. The van der Waals surface area contributed by atoms with Crippen molar-refractivity contribution in [2.24, 2.45) is 0 Å². The zero-order chi connectivity index (χ0) is 49.6.